The third kappa shape index (κ3) is 5.72. The van der Waals surface area contributed by atoms with Crippen molar-refractivity contribution in [1.29, 1.82) is 0 Å². The summed E-state index contributed by atoms with van der Waals surface area (Å²) in [6.07, 6.45) is 12.0. The highest BCUT2D eigenvalue weighted by Crippen LogP contribution is 2.27. The van der Waals surface area contributed by atoms with Crippen molar-refractivity contribution in [3.63, 3.8) is 0 Å². The first-order valence-corrected chi connectivity index (χ1v) is 13.6. The highest BCUT2D eigenvalue weighted by Gasteiger charge is 2.27. The van der Waals surface area contributed by atoms with E-state index in [9.17, 15) is 14.4 Å². The molecule has 202 valence electrons. The van der Waals surface area contributed by atoms with E-state index in [0.29, 0.717) is 35.6 Å². The lowest BCUT2D eigenvalue weighted by Crippen LogP contribution is -2.41. The lowest BCUT2D eigenvalue weighted by molar-refractivity contribution is -0.122. The number of fused-ring (bicyclic) bond motifs is 1. The summed E-state index contributed by atoms with van der Waals surface area (Å²) in [7, 11) is 0. The molecule has 4 aliphatic rings. The molecule has 2 saturated heterocycles. The number of carbonyl (C=O) groups is 3. The smallest absolute Gasteiger partial charge is 0.326 e. The van der Waals surface area contributed by atoms with Gasteiger partial charge in [-0.1, -0.05) is 0 Å². The summed E-state index contributed by atoms with van der Waals surface area (Å²) in [5.41, 5.74) is 1.28. The Morgan fingerprint density at radius 3 is 2.39 bits per heavy atom. The quantitative estimate of drug-likeness (QED) is 0.241. The fraction of sp³-hybridized carbons (Fsp3) is 0.600. The fourth-order valence-electron chi connectivity index (χ4n) is 5.33. The first kappa shape index (κ1) is 24.6. The van der Waals surface area contributed by atoms with Crippen LogP contribution in [0.1, 0.15) is 63.4 Å². The molecule has 0 aromatic carbocycles. The van der Waals surface area contributed by atoms with Crippen LogP contribution in [-0.2, 0) is 9.59 Å². The van der Waals surface area contributed by atoms with Gasteiger partial charge in [-0.15, -0.1) is 0 Å². The molecule has 4 amide bonds. The lowest BCUT2D eigenvalue weighted by Gasteiger charge is -2.30. The van der Waals surface area contributed by atoms with Crippen LogP contribution in [-0.4, -0.2) is 80.1 Å². The first-order chi connectivity index (χ1) is 18.5. The van der Waals surface area contributed by atoms with Crippen LogP contribution in [0.3, 0.4) is 0 Å². The summed E-state index contributed by atoms with van der Waals surface area (Å²) < 4.78 is 1.62. The molecule has 0 atom stereocenters. The molecule has 5 N–H and O–H groups in total. The topological polar surface area (TPSA) is 158 Å². The summed E-state index contributed by atoms with van der Waals surface area (Å²) in [6.45, 7) is 3.07. The molecule has 4 heterocycles. The minimum atomic E-state index is -0.552. The number of amides is 4. The third-order valence-corrected chi connectivity index (χ3v) is 7.60. The normalized spacial score (nSPS) is 25.0. The van der Waals surface area contributed by atoms with Crippen LogP contribution in [0.5, 0.6) is 0 Å². The first-order valence-electron chi connectivity index (χ1n) is 13.6. The average molecular weight is 523 g/mol. The number of rotatable bonds is 9. The molecule has 0 bridgehead atoms. The van der Waals surface area contributed by atoms with Gasteiger partial charge in [0.15, 0.2) is 5.65 Å². The van der Waals surface area contributed by atoms with Crippen molar-refractivity contribution < 1.29 is 14.4 Å². The number of carbonyl (C=O) groups excluding carboxylic acids is 3. The van der Waals surface area contributed by atoms with Crippen molar-refractivity contribution in [2.75, 3.05) is 30.3 Å². The second-order valence-electron chi connectivity index (χ2n) is 10.7. The standard InChI is InChI=1S/C25H34N10O3/c36-20(9-12-34-10-1-2-11-34)27-16-3-5-17(6-4-16)28-23-31-21-15(13-19-22(37)32-25(38)30-19)14-26-35(21)24(33-23)29-18-7-8-18/h13-14,16-18H,1-12H2,(H,27,36)(H2,28,29,31,33)(H2,30,32,37,38)/b19-13-/t16-,17-. The van der Waals surface area contributed by atoms with Gasteiger partial charge in [0, 0.05) is 36.7 Å². The molecule has 0 radical (unpaired) electrons. The van der Waals surface area contributed by atoms with Crippen LogP contribution in [0.25, 0.3) is 11.7 Å². The van der Waals surface area contributed by atoms with Crippen LogP contribution < -0.4 is 26.6 Å². The van der Waals surface area contributed by atoms with Gasteiger partial charge in [0.25, 0.3) is 5.91 Å². The number of nitrogens with zero attached hydrogens (tertiary/aromatic N) is 5. The van der Waals surface area contributed by atoms with E-state index < -0.39 is 11.9 Å². The predicted octanol–water partition coefficient (Wildman–Crippen LogP) is 1.20. The maximum absolute atomic E-state index is 12.4. The minimum absolute atomic E-state index is 0.146. The molecular weight excluding hydrogens is 488 g/mol. The maximum Gasteiger partial charge on any atom is 0.326 e. The summed E-state index contributed by atoms with van der Waals surface area (Å²) in [4.78, 5) is 47.7. The van der Waals surface area contributed by atoms with E-state index in [1.54, 1.807) is 16.8 Å². The number of likely N-dealkylation sites (tertiary alicyclic amines) is 1. The summed E-state index contributed by atoms with van der Waals surface area (Å²) in [6, 6.07) is 0.199. The third-order valence-electron chi connectivity index (χ3n) is 7.60. The Hall–Kier alpha value is -3.74. The number of urea groups is 1. The molecule has 2 aliphatic heterocycles. The van der Waals surface area contributed by atoms with Crippen LogP contribution in [0, 0.1) is 0 Å². The average Bonchev–Trinajstić information content (AvgIpc) is 3.24. The van der Waals surface area contributed by atoms with E-state index >= 15 is 0 Å². The van der Waals surface area contributed by atoms with Gasteiger partial charge in [0.1, 0.15) is 5.70 Å². The van der Waals surface area contributed by atoms with Gasteiger partial charge in [-0.3, -0.25) is 14.9 Å². The zero-order valence-electron chi connectivity index (χ0n) is 21.3. The molecule has 13 heteroatoms. The number of hydrogen-bond donors (Lipinski definition) is 5. The highest BCUT2D eigenvalue weighted by molar-refractivity contribution is 6.14. The fourth-order valence-corrected chi connectivity index (χ4v) is 5.33. The van der Waals surface area contributed by atoms with Crippen molar-refractivity contribution in [2.24, 2.45) is 0 Å². The van der Waals surface area contributed by atoms with Gasteiger partial charge in [0.2, 0.25) is 17.8 Å². The van der Waals surface area contributed by atoms with E-state index in [-0.39, 0.29) is 23.7 Å². The second-order valence-corrected chi connectivity index (χ2v) is 10.7. The van der Waals surface area contributed by atoms with Gasteiger partial charge in [-0.05, 0) is 70.5 Å². The molecular formula is C25H34N10O3. The van der Waals surface area contributed by atoms with Crippen molar-refractivity contribution in [2.45, 2.75) is 75.9 Å². The van der Waals surface area contributed by atoms with Crippen molar-refractivity contribution >= 4 is 41.5 Å². The summed E-state index contributed by atoms with van der Waals surface area (Å²) in [5.74, 6) is 0.729. The Balaban J connectivity index is 1.10. The molecule has 13 nitrogen and oxygen atoms in total. The van der Waals surface area contributed by atoms with Gasteiger partial charge >= 0.3 is 6.03 Å². The molecule has 6 rings (SSSR count). The number of imide groups is 1. The molecule has 38 heavy (non-hydrogen) atoms. The Morgan fingerprint density at radius 2 is 1.68 bits per heavy atom. The van der Waals surface area contributed by atoms with Gasteiger partial charge in [-0.25, -0.2) is 4.79 Å². The number of anilines is 2. The number of hydrogen-bond acceptors (Lipinski definition) is 9. The van der Waals surface area contributed by atoms with Gasteiger partial charge in [0.05, 0.1) is 6.20 Å². The summed E-state index contributed by atoms with van der Waals surface area (Å²) in [5, 5.41) is 19.2. The Bertz CT molecular complexity index is 1260. The van der Waals surface area contributed by atoms with E-state index in [4.69, 9.17) is 9.97 Å². The van der Waals surface area contributed by atoms with Crippen molar-refractivity contribution in [1.82, 2.24) is 40.4 Å². The van der Waals surface area contributed by atoms with E-state index in [2.05, 4.69) is 36.6 Å². The van der Waals surface area contributed by atoms with E-state index in [1.165, 1.54) is 12.8 Å². The van der Waals surface area contributed by atoms with E-state index in [1.807, 2.05) is 0 Å². The number of aromatic nitrogens is 4. The molecule has 0 unspecified atom stereocenters. The van der Waals surface area contributed by atoms with Crippen LogP contribution >= 0.6 is 0 Å². The van der Waals surface area contributed by atoms with Gasteiger partial charge < -0.3 is 26.2 Å². The molecule has 2 saturated carbocycles. The number of nitrogens with one attached hydrogen (secondary N) is 5. The van der Waals surface area contributed by atoms with Crippen LogP contribution in [0.2, 0.25) is 0 Å². The highest BCUT2D eigenvalue weighted by atomic mass is 16.2. The Labute approximate surface area is 220 Å². The molecule has 2 aromatic heterocycles. The SMILES string of the molecule is O=C1NC(=O)/C(=C/c2cnn3c(NC4CC4)nc(N[C@H]4CC[C@H](NC(=O)CCN5CCCC5)CC4)nc23)N1. The zero-order chi connectivity index (χ0) is 26.1. The largest absolute Gasteiger partial charge is 0.353 e. The van der Waals surface area contributed by atoms with Crippen LogP contribution in [0.4, 0.5) is 16.7 Å². The monoisotopic (exact) mass is 522 g/mol. The van der Waals surface area contributed by atoms with E-state index in [0.717, 1.165) is 58.2 Å². The minimum Gasteiger partial charge on any atom is -0.353 e. The van der Waals surface area contributed by atoms with Crippen molar-refractivity contribution in [3.8, 4) is 0 Å². The Kier molecular flexibility index (Phi) is 6.83. The van der Waals surface area contributed by atoms with Crippen LogP contribution in [0.15, 0.2) is 11.9 Å². The van der Waals surface area contributed by atoms with Gasteiger partial charge in [-0.2, -0.15) is 19.6 Å². The van der Waals surface area contributed by atoms with Crippen molar-refractivity contribution in [3.05, 3.63) is 17.5 Å². The molecule has 2 aliphatic carbocycles. The molecule has 4 fully saturated rings. The zero-order valence-corrected chi connectivity index (χ0v) is 21.3. The lowest BCUT2D eigenvalue weighted by atomic mass is 9.91. The second kappa shape index (κ2) is 10.6. The summed E-state index contributed by atoms with van der Waals surface area (Å²) >= 11 is 0. The Morgan fingerprint density at radius 1 is 0.974 bits per heavy atom. The predicted molar refractivity (Wildman–Crippen MR) is 140 cm³/mol. The molecule has 2 aromatic rings. The maximum atomic E-state index is 12.4. The molecule has 0 spiro atoms.